The molecule has 1 aromatic carbocycles. The van der Waals surface area contributed by atoms with E-state index in [2.05, 4.69) is 58.9 Å². The predicted molar refractivity (Wildman–Crippen MR) is 101 cm³/mol. The van der Waals surface area contributed by atoms with Crippen LogP contribution in [0.5, 0.6) is 0 Å². The largest absolute Gasteiger partial charge is 0.0620 e. The molecular weight excluding hydrogens is 276 g/mol. The van der Waals surface area contributed by atoms with E-state index in [0.717, 1.165) is 5.92 Å². The maximum Gasteiger partial charge on any atom is -0.00981 e. The lowest BCUT2D eigenvalue weighted by Gasteiger charge is -2.59. The van der Waals surface area contributed by atoms with E-state index in [-0.39, 0.29) is 5.41 Å². The van der Waals surface area contributed by atoms with Crippen LogP contribution in [-0.2, 0) is 5.41 Å². The van der Waals surface area contributed by atoms with Crippen molar-refractivity contribution in [2.24, 2.45) is 16.7 Å². The number of fused-ring (bicyclic) bond motifs is 1. The zero-order valence-corrected chi connectivity index (χ0v) is 16.0. The highest BCUT2D eigenvalue weighted by Crippen LogP contribution is 2.62. The fraction of sp³-hybridized carbons (Fsp3) is 0.739. The average molecular weight is 313 g/mol. The van der Waals surface area contributed by atoms with Crippen LogP contribution in [0.3, 0.4) is 0 Å². The van der Waals surface area contributed by atoms with E-state index in [1.165, 1.54) is 56.9 Å². The van der Waals surface area contributed by atoms with Crippen molar-refractivity contribution in [1.29, 1.82) is 0 Å². The first kappa shape index (κ1) is 17.1. The Kier molecular flexibility index (Phi) is 4.40. The number of hydrogen-bond donors (Lipinski definition) is 0. The van der Waals surface area contributed by atoms with Crippen molar-refractivity contribution >= 4 is 0 Å². The van der Waals surface area contributed by atoms with Crippen LogP contribution in [0, 0.1) is 23.7 Å². The zero-order chi connectivity index (χ0) is 16.7. The van der Waals surface area contributed by atoms with E-state index in [9.17, 15) is 0 Å². The van der Waals surface area contributed by atoms with E-state index < -0.39 is 0 Å². The molecular formula is C23H36. The summed E-state index contributed by atoms with van der Waals surface area (Å²) in [7, 11) is 0. The van der Waals surface area contributed by atoms with Crippen LogP contribution in [-0.4, -0.2) is 0 Å². The van der Waals surface area contributed by atoms with Gasteiger partial charge in [0, 0.05) is 0 Å². The molecule has 0 aliphatic heterocycles. The van der Waals surface area contributed by atoms with Crippen molar-refractivity contribution in [3.05, 3.63) is 35.4 Å². The molecule has 0 heteroatoms. The molecule has 0 radical (unpaired) electrons. The minimum atomic E-state index is 0.286. The summed E-state index contributed by atoms with van der Waals surface area (Å²) in [6.45, 7) is 12.5. The van der Waals surface area contributed by atoms with Crippen LogP contribution in [0.4, 0.5) is 0 Å². The lowest BCUT2D eigenvalue weighted by Crippen LogP contribution is -2.49. The molecule has 1 unspecified atom stereocenters. The third-order valence-electron chi connectivity index (χ3n) is 7.87. The molecule has 0 N–H and O–H groups in total. The summed E-state index contributed by atoms with van der Waals surface area (Å²) in [5, 5.41) is 0. The Hall–Kier alpha value is -0.780. The Morgan fingerprint density at radius 3 is 2.39 bits per heavy atom. The molecule has 2 aliphatic rings. The molecule has 23 heavy (non-hydrogen) atoms. The molecule has 2 saturated carbocycles. The van der Waals surface area contributed by atoms with E-state index in [1.807, 2.05) is 0 Å². The zero-order valence-electron chi connectivity index (χ0n) is 16.0. The van der Waals surface area contributed by atoms with Gasteiger partial charge >= 0.3 is 0 Å². The van der Waals surface area contributed by atoms with Gasteiger partial charge in [0.25, 0.3) is 0 Å². The van der Waals surface area contributed by atoms with Crippen molar-refractivity contribution < 1.29 is 0 Å². The van der Waals surface area contributed by atoms with Gasteiger partial charge < -0.3 is 0 Å². The summed E-state index contributed by atoms with van der Waals surface area (Å²) < 4.78 is 0. The molecule has 2 aliphatic carbocycles. The number of hydrogen-bond acceptors (Lipinski definition) is 0. The first-order chi connectivity index (χ1) is 10.8. The average Bonchev–Trinajstić information content (AvgIpc) is 2.49. The van der Waals surface area contributed by atoms with E-state index in [0.29, 0.717) is 10.8 Å². The number of rotatable bonds is 3. The molecule has 0 saturated heterocycles. The molecule has 0 bridgehead atoms. The van der Waals surface area contributed by atoms with Crippen LogP contribution in [0.25, 0.3) is 0 Å². The summed E-state index contributed by atoms with van der Waals surface area (Å²) in [5.74, 6) is 0.885. The van der Waals surface area contributed by atoms with Crippen LogP contribution in [0.15, 0.2) is 24.3 Å². The summed E-state index contributed by atoms with van der Waals surface area (Å²) in [5.41, 5.74) is 4.46. The van der Waals surface area contributed by atoms with Crippen LogP contribution in [0.2, 0.25) is 0 Å². The van der Waals surface area contributed by atoms with Crippen molar-refractivity contribution in [2.45, 2.75) is 91.4 Å². The molecule has 0 amide bonds. The number of aryl methyl sites for hydroxylation is 1. The van der Waals surface area contributed by atoms with Crippen molar-refractivity contribution in [3.63, 3.8) is 0 Å². The minimum absolute atomic E-state index is 0.286. The standard InChI is InChI=1S/C23H36/c1-18-11-6-7-13-20(18)21(2,3)17-19-12-10-15-22(4)14-8-9-16-23(19,22)5/h6-7,11,13,19H,8-10,12,14-17H2,1-5H3/t19?,22-,23+/m1/s1. The summed E-state index contributed by atoms with van der Waals surface area (Å²) >= 11 is 0. The van der Waals surface area contributed by atoms with Gasteiger partial charge in [0.15, 0.2) is 0 Å². The molecule has 0 nitrogen and oxygen atoms in total. The van der Waals surface area contributed by atoms with Gasteiger partial charge in [-0.25, -0.2) is 0 Å². The highest BCUT2D eigenvalue weighted by molar-refractivity contribution is 5.32. The Balaban J connectivity index is 1.88. The van der Waals surface area contributed by atoms with Crippen LogP contribution < -0.4 is 0 Å². The van der Waals surface area contributed by atoms with Gasteiger partial charge in [-0.05, 0) is 72.3 Å². The summed E-state index contributed by atoms with van der Waals surface area (Å²) in [4.78, 5) is 0. The molecule has 0 heterocycles. The highest BCUT2D eigenvalue weighted by Gasteiger charge is 2.53. The van der Waals surface area contributed by atoms with Gasteiger partial charge in [0.2, 0.25) is 0 Å². The molecule has 0 aromatic heterocycles. The highest BCUT2D eigenvalue weighted by atomic mass is 14.6. The SMILES string of the molecule is Cc1ccccc1C(C)(C)CC1CCC[C@@]2(C)CCCC[C@@]12C. The van der Waals surface area contributed by atoms with E-state index in [1.54, 1.807) is 5.56 Å². The van der Waals surface area contributed by atoms with Crippen LogP contribution >= 0.6 is 0 Å². The van der Waals surface area contributed by atoms with E-state index >= 15 is 0 Å². The van der Waals surface area contributed by atoms with Gasteiger partial charge in [-0.3, -0.25) is 0 Å². The minimum Gasteiger partial charge on any atom is -0.0620 e. The third kappa shape index (κ3) is 2.87. The van der Waals surface area contributed by atoms with Gasteiger partial charge in [0.1, 0.15) is 0 Å². The molecule has 0 spiro atoms. The normalized spacial score (nSPS) is 34.9. The molecule has 2 fully saturated rings. The Labute approximate surface area is 144 Å². The van der Waals surface area contributed by atoms with Crippen LogP contribution in [0.1, 0.15) is 90.2 Å². The Bertz CT molecular complexity index is 551. The lowest BCUT2D eigenvalue weighted by atomic mass is 9.46. The van der Waals surface area contributed by atoms with Crippen molar-refractivity contribution in [3.8, 4) is 0 Å². The smallest absolute Gasteiger partial charge is 0.00981 e. The van der Waals surface area contributed by atoms with Crippen molar-refractivity contribution in [1.82, 2.24) is 0 Å². The molecule has 3 rings (SSSR count). The van der Waals surface area contributed by atoms with Gasteiger partial charge in [-0.1, -0.05) is 71.2 Å². The maximum absolute atomic E-state index is 2.64. The second kappa shape index (κ2) is 5.94. The quantitative estimate of drug-likeness (QED) is 0.561. The fourth-order valence-corrected chi connectivity index (χ4v) is 6.14. The second-order valence-electron chi connectivity index (χ2n) is 9.68. The van der Waals surface area contributed by atoms with Gasteiger partial charge in [-0.2, -0.15) is 0 Å². The second-order valence-corrected chi connectivity index (χ2v) is 9.68. The van der Waals surface area contributed by atoms with Gasteiger partial charge in [-0.15, -0.1) is 0 Å². The first-order valence-electron chi connectivity index (χ1n) is 9.85. The maximum atomic E-state index is 2.64. The third-order valence-corrected chi connectivity index (χ3v) is 7.87. The van der Waals surface area contributed by atoms with Gasteiger partial charge in [0.05, 0.1) is 0 Å². The summed E-state index contributed by atoms with van der Waals surface area (Å²) in [6.07, 6.45) is 11.5. The lowest BCUT2D eigenvalue weighted by molar-refractivity contribution is -0.0825. The van der Waals surface area contributed by atoms with E-state index in [4.69, 9.17) is 0 Å². The Morgan fingerprint density at radius 2 is 1.65 bits per heavy atom. The molecule has 1 aromatic rings. The fourth-order valence-electron chi connectivity index (χ4n) is 6.14. The Morgan fingerprint density at radius 1 is 1.00 bits per heavy atom. The monoisotopic (exact) mass is 312 g/mol. The van der Waals surface area contributed by atoms with Crippen molar-refractivity contribution in [2.75, 3.05) is 0 Å². The molecule has 3 atom stereocenters. The first-order valence-corrected chi connectivity index (χ1v) is 9.85. The molecule has 128 valence electrons. The summed E-state index contributed by atoms with van der Waals surface area (Å²) in [6, 6.07) is 9.04. The predicted octanol–water partition coefficient (Wildman–Crippen LogP) is 7.05. The topological polar surface area (TPSA) is 0 Å². The number of benzene rings is 1.